The third-order valence-corrected chi connectivity index (χ3v) is 7.19. The Kier molecular flexibility index (Phi) is 5.52. The standard InChI is InChI=1S/C24H32N2O3/c1-5-11-26-19-10-8-7-9-16(19)18-12-20-22(24(28)29-4)17(13-21(27)23(18)26)15(6-2)14-25(20)3/h7-10,15,17,20,22H,5-6,11-14H2,1-4H3/t15-,17+,20-,22?/m0/s1. The summed E-state index contributed by atoms with van der Waals surface area (Å²) in [5, 5.41) is 1.15. The summed E-state index contributed by atoms with van der Waals surface area (Å²) in [5.74, 6) is 0.134. The van der Waals surface area contributed by atoms with Gasteiger partial charge in [-0.3, -0.25) is 9.59 Å². The van der Waals surface area contributed by atoms with Gasteiger partial charge in [0, 0.05) is 36.5 Å². The zero-order valence-electron chi connectivity index (χ0n) is 18.0. The van der Waals surface area contributed by atoms with Crippen molar-refractivity contribution in [3.63, 3.8) is 0 Å². The van der Waals surface area contributed by atoms with Gasteiger partial charge in [-0.15, -0.1) is 0 Å². The second-order valence-electron chi connectivity index (χ2n) is 8.72. The van der Waals surface area contributed by atoms with Crippen LogP contribution in [0.2, 0.25) is 0 Å². The number of ketones is 1. The molecule has 4 atom stereocenters. The summed E-state index contributed by atoms with van der Waals surface area (Å²) in [6.07, 6.45) is 3.08. The number of carbonyl (C=O) groups excluding carboxylic acids is 2. The number of para-hydroxylation sites is 1. The van der Waals surface area contributed by atoms with Crippen LogP contribution in [0.3, 0.4) is 0 Å². The van der Waals surface area contributed by atoms with Crippen molar-refractivity contribution < 1.29 is 14.3 Å². The molecule has 2 bridgehead atoms. The van der Waals surface area contributed by atoms with Crippen molar-refractivity contribution in [1.82, 2.24) is 9.47 Å². The lowest BCUT2D eigenvalue weighted by molar-refractivity contribution is -0.154. The monoisotopic (exact) mass is 396 g/mol. The molecule has 5 nitrogen and oxygen atoms in total. The Hall–Kier alpha value is -2.14. The molecule has 5 heteroatoms. The molecule has 2 aromatic rings. The topological polar surface area (TPSA) is 51.5 Å². The first-order chi connectivity index (χ1) is 14.0. The van der Waals surface area contributed by atoms with E-state index in [0.717, 1.165) is 48.1 Å². The van der Waals surface area contributed by atoms with Crippen LogP contribution >= 0.6 is 0 Å². The lowest BCUT2D eigenvalue weighted by Crippen LogP contribution is -2.56. The van der Waals surface area contributed by atoms with Crippen LogP contribution in [-0.4, -0.2) is 48.0 Å². The summed E-state index contributed by atoms with van der Waals surface area (Å²) < 4.78 is 7.46. The zero-order chi connectivity index (χ0) is 20.7. The van der Waals surface area contributed by atoms with Gasteiger partial charge in [0.05, 0.1) is 18.7 Å². The zero-order valence-corrected chi connectivity index (χ0v) is 18.0. The predicted molar refractivity (Wildman–Crippen MR) is 114 cm³/mol. The minimum Gasteiger partial charge on any atom is -0.469 e. The maximum Gasteiger partial charge on any atom is 0.310 e. The molecule has 0 amide bonds. The molecular formula is C24H32N2O3. The third kappa shape index (κ3) is 3.20. The Bertz CT molecular complexity index is 932. The fourth-order valence-corrected chi connectivity index (χ4v) is 5.85. The molecule has 0 radical (unpaired) electrons. The quantitative estimate of drug-likeness (QED) is 0.735. The second kappa shape index (κ2) is 7.94. The molecule has 0 saturated carbocycles. The van der Waals surface area contributed by atoms with Crippen LogP contribution in [0.15, 0.2) is 24.3 Å². The summed E-state index contributed by atoms with van der Waals surface area (Å²) in [6.45, 7) is 6.08. The van der Waals surface area contributed by atoms with Crippen LogP contribution in [-0.2, 0) is 22.5 Å². The van der Waals surface area contributed by atoms with E-state index >= 15 is 0 Å². The van der Waals surface area contributed by atoms with Gasteiger partial charge in [-0.2, -0.15) is 0 Å². The van der Waals surface area contributed by atoms with Crippen LogP contribution in [0.1, 0.15) is 49.2 Å². The molecule has 0 spiro atoms. The van der Waals surface area contributed by atoms with Crippen LogP contribution in [0.4, 0.5) is 0 Å². The fourth-order valence-electron chi connectivity index (χ4n) is 5.85. The Morgan fingerprint density at radius 2 is 1.97 bits per heavy atom. The third-order valence-electron chi connectivity index (χ3n) is 7.19. The number of aryl methyl sites for hydroxylation is 1. The van der Waals surface area contributed by atoms with Crippen molar-refractivity contribution in [2.24, 2.45) is 17.8 Å². The lowest BCUT2D eigenvalue weighted by atomic mass is 9.67. The normalized spacial score (nSPS) is 27.4. The van der Waals surface area contributed by atoms with Crippen molar-refractivity contribution in [3.8, 4) is 0 Å². The van der Waals surface area contributed by atoms with E-state index in [4.69, 9.17) is 4.74 Å². The summed E-state index contributed by atoms with van der Waals surface area (Å²) in [6, 6.07) is 8.38. The van der Waals surface area contributed by atoms with E-state index in [1.165, 1.54) is 7.11 Å². The average Bonchev–Trinajstić information content (AvgIpc) is 3.02. The summed E-state index contributed by atoms with van der Waals surface area (Å²) in [7, 11) is 3.59. The number of likely N-dealkylation sites (N-methyl/N-ethyl adjacent to an activating group) is 1. The van der Waals surface area contributed by atoms with E-state index in [-0.39, 0.29) is 29.6 Å². The number of esters is 1. The number of benzene rings is 1. The van der Waals surface area contributed by atoms with E-state index in [0.29, 0.717) is 18.8 Å². The largest absolute Gasteiger partial charge is 0.469 e. The highest BCUT2D eigenvalue weighted by Crippen LogP contribution is 2.43. The van der Waals surface area contributed by atoms with Crippen LogP contribution in [0, 0.1) is 17.8 Å². The number of Topliss-reactive ketones (excluding diaryl/α,β-unsaturated/α-hetero) is 1. The Labute approximate surface area is 173 Å². The van der Waals surface area contributed by atoms with E-state index in [2.05, 4.69) is 42.5 Å². The Morgan fingerprint density at radius 3 is 2.66 bits per heavy atom. The van der Waals surface area contributed by atoms with Gasteiger partial charge in [0.25, 0.3) is 0 Å². The summed E-state index contributed by atoms with van der Waals surface area (Å²) in [5.41, 5.74) is 3.11. The van der Waals surface area contributed by atoms with Crippen LogP contribution in [0.25, 0.3) is 10.9 Å². The van der Waals surface area contributed by atoms with Gasteiger partial charge < -0.3 is 14.2 Å². The Balaban J connectivity index is 1.93. The van der Waals surface area contributed by atoms with E-state index in [1.54, 1.807) is 0 Å². The van der Waals surface area contributed by atoms with Gasteiger partial charge in [-0.1, -0.05) is 38.5 Å². The molecule has 1 aromatic heterocycles. The number of fused-ring (bicyclic) bond motifs is 5. The highest BCUT2D eigenvalue weighted by atomic mass is 16.5. The molecule has 29 heavy (non-hydrogen) atoms. The maximum absolute atomic E-state index is 13.6. The number of piperidine rings is 1. The first-order valence-electron chi connectivity index (χ1n) is 10.9. The van der Waals surface area contributed by atoms with Crippen LogP contribution < -0.4 is 0 Å². The van der Waals surface area contributed by atoms with Crippen molar-refractivity contribution in [1.29, 1.82) is 0 Å². The molecule has 2 aliphatic rings. The lowest BCUT2D eigenvalue weighted by Gasteiger charge is -2.48. The summed E-state index contributed by atoms with van der Waals surface area (Å²) >= 11 is 0. The number of hydrogen-bond donors (Lipinski definition) is 0. The van der Waals surface area contributed by atoms with E-state index in [9.17, 15) is 9.59 Å². The molecule has 4 rings (SSSR count). The number of hydrogen-bond acceptors (Lipinski definition) is 4. The Morgan fingerprint density at radius 1 is 1.21 bits per heavy atom. The molecule has 1 fully saturated rings. The highest BCUT2D eigenvalue weighted by molar-refractivity contribution is 6.03. The first-order valence-corrected chi connectivity index (χ1v) is 10.9. The van der Waals surface area contributed by atoms with Crippen molar-refractivity contribution in [3.05, 3.63) is 35.5 Å². The van der Waals surface area contributed by atoms with Crippen molar-refractivity contribution in [2.45, 2.75) is 52.1 Å². The van der Waals surface area contributed by atoms with Gasteiger partial charge >= 0.3 is 5.97 Å². The minimum atomic E-state index is -0.255. The molecule has 1 saturated heterocycles. The van der Waals surface area contributed by atoms with Gasteiger partial charge in [-0.25, -0.2) is 0 Å². The van der Waals surface area contributed by atoms with E-state index in [1.807, 2.05) is 12.1 Å². The predicted octanol–water partition coefficient (Wildman–Crippen LogP) is 3.93. The number of nitrogens with zero attached hydrogens (tertiary/aromatic N) is 2. The second-order valence-corrected chi connectivity index (χ2v) is 8.72. The smallest absolute Gasteiger partial charge is 0.310 e. The number of carbonyl (C=O) groups is 2. The number of aromatic nitrogens is 1. The number of rotatable bonds is 4. The minimum absolute atomic E-state index is 0.0439. The molecule has 156 valence electrons. The molecular weight excluding hydrogens is 364 g/mol. The molecule has 2 heterocycles. The van der Waals surface area contributed by atoms with Gasteiger partial charge in [0.2, 0.25) is 0 Å². The van der Waals surface area contributed by atoms with Crippen LogP contribution in [0.5, 0.6) is 0 Å². The number of methoxy groups -OCH3 is 1. The number of likely N-dealkylation sites (tertiary alicyclic amines) is 1. The van der Waals surface area contributed by atoms with Crippen molar-refractivity contribution in [2.75, 3.05) is 20.7 Å². The van der Waals surface area contributed by atoms with E-state index < -0.39 is 0 Å². The molecule has 0 N–H and O–H groups in total. The van der Waals surface area contributed by atoms with Gasteiger partial charge in [0.15, 0.2) is 5.78 Å². The fraction of sp³-hybridized carbons (Fsp3) is 0.583. The SMILES string of the molecule is CCCn1c2c(c3ccccc31)C[C@H]1C(C(=O)OC)[C@H](CC2=O)[C@@H](CC)CN1C. The first kappa shape index (κ1) is 20.1. The molecule has 1 aliphatic heterocycles. The van der Waals surface area contributed by atoms with Crippen molar-refractivity contribution >= 4 is 22.7 Å². The average molecular weight is 397 g/mol. The molecule has 1 unspecified atom stereocenters. The molecule has 1 aromatic carbocycles. The highest BCUT2D eigenvalue weighted by Gasteiger charge is 2.48. The number of ether oxygens (including phenoxy) is 1. The van der Waals surface area contributed by atoms with Gasteiger partial charge in [-0.05, 0) is 43.4 Å². The van der Waals surface area contributed by atoms with Gasteiger partial charge in [0.1, 0.15) is 0 Å². The summed E-state index contributed by atoms with van der Waals surface area (Å²) in [4.78, 5) is 28.8. The maximum atomic E-state index is 13.6. The molecule has 1 aliphatic carbocycles.